The van der Waals surface area contributed by atoms with E-state index in [0.29, 0.717) is 30.6 Å². The first-order chi connectivity index (χ1) is 18.0. The van der Waals surface area contributed by atoms with Crippen LogP contribution in [0.4, 0.5) is 0 Å². The van der Waals surface area contributed by atoms with Gasteiger partial charge in [0.15, 0.2) is 0 Å². The lowest BCUT2D eigenvalue weighted by Crippen LogP contribution is -2.36. The Morgan fingerprint density at radius 2 is 1.87 bits per heavy atom. The van der Waals surface area contributed by atoms with E-state index in [2.05, 4.69) is 45.6 Å². The molecule has 0 aromatic carbocycles. The fourth-order valence-electron chi connectivity index (χ4n) is 8.04. The van der Waals surface area contributed by atoms with Crippen LogP contribution in [0, 0.1) is 34.5 Å². The van der Waals surface area contributed by atoms with E-state index in [-0.39, 0.29) is 17.1 Å². The second-order valence-corrected chi connectivity index (χ2v) is 13.4. The number of carbonyl (C=O) groups excluding carboxylic acids is 1. The largest absolute Gasteiger partial charge is 0.392 e. The van der Waals surface area contributed by atoms with Crippen molar-refractivity contribution >= 4 is 5.78 Å². The number of aliphatic hydroxyl groups excluding tert-OH is 3. The Balaban J connectivity index is 1.42. The molecule has 0 aliphatic heterocycles. The zero-order chi connectivity index (χ0) is 27.7. The first-order valence-electron chi connectivity index (χ1n) is 15.4. The number of ketones is 1. The molecule has 0 amide bonds. The minimum Gasteiger partial charge on any atom is -0.392 e. The molecule has 4 heteroatoms. The summed E-state index contributed by atoms with van der Waals surface area (Å²) in [4.78, 5) is 12.8. The van der Waals surface area contributed by atoms with Crippen molar-refractivity contribution in [3.05, 3.63) is 47.6 Å². The first-order valence-corrected chi connectivity index (χ1v) is 15.4. The van der Waals surface area contributed by atoms with Crippen molar-refractivity contribution in [2.45, 2.75) is 123 Å². The second kappa shape index (κ2) is 11.9. The highest BCUT2D eigenvalue weighted by Crippen LogP contribution is 2.60. The number of Topliss-reactive ketones (excluding diaryl/α,β-unsaturated/α-hetero) is 1. The maximum Gasteiger partial charge on any atom is 0.141 e. The first kappa shape index (κ1) is 29.5. The van der Waals surface area contributed by atoms with Gasteiger partial charge in [-0.25, -0.2) is 0 Å². The van der Waals surface area contributed by atoms with Gasteiger partial charge in [-0.1, -0.05) is 77.0 Å². The topological polar surface area (TPSA) is 77.8 Å². The number of carbonyl (C=O) groups is 1. The zero-order valence-corrected chi connectivity index (χ0v) is 24.3. The van der Waals surface area contributed by atoms with E-state index < -0.39 is 23.7 Å². The molecule has 5 unspecified atom stereocenters. The predicted octanol–water partition coefficient (Wildman–Crippen LogP) is 6.86. The highest BCUT2D eigenvalue weighted by Gasteiger charge is 2.54. The van der Waals surface area contributed by atoms with E-state index in [0.717, 1.165) is 49.7 Å². The fourth-order valence-corrected chi connectivity index (χ4v) is 8.04. The number of unbranched alkanes of at least 4 members (excludes halogenated alkanes) is 2. The molecule has 0 heterocycles. The van der Waals surface area contributed by atoms with E-state index in [1.807, 2.05) is 13.0 Å². The molecule has 212 valence electrons. The monoisotopic (exact) mass is 524 g/mol. The SMILES string of the molecule is C=C1/C(=C\C=C2/CCCC3(C)[C@@H](C(C)/C=C/C(O)C4(C(=O)CCCCC)CC4)CC[C@@H]23)C[C@@H](O)C(C)C1O. The minimum atomic E-state index is -0.680. The summed E-state index contributed by atoms with van der Waals surface area (Å²) in [7, 11) is 0. The molecule has 38 heavy (non-hydrogen) atoms. The maximum atomic E-state index is 12.8. The van der Waals surface area contributed by atoms with Gasteiger partial charge in [0.05, 0.1) is 23.7 Å². The third-order valence-electron chi connectivity index (χ3n) is 11.0. The van der Waals surface area contributed by atoms with Gasteiger partial charge in [-0.05, 0) is 92.1 Å². The van der Waals surface area contributed by atoms with Crippen molar-refractivity contribution in [2.24, 2.45) is 34.5 Å². The molecule has 0 saturated heterocycles. The van der Waals surface area contributed by atoms with Crippen LogP contribution in [0.3, 0.4) is 0 Å². The van der Waals surface area contributed by atoms with Gasteiger partial charge in [-0.3, -0.25) is 4.79 Å². The van der Waals surface area contributed by atoms with Crippen LogP contribution in [0.5, 0.6) is 0 Å². The summed E-state index contributed by atoms with van der Waals surface area (Å²) < 4.78 is 0. The van der Waals surface area contributed by atoms with Gasteiger partial charge < -0.3 is 15.3 Å². The molecule has 3 N–H and O–H groups in total. The van der Waals surface area contributed by atoms with Gasteiger partial charge in [-0.15, -0.1) is 0 Å². The lowest BCUT2D eigenvalue weighted by Gasteiger charge is -2.44. The van der Waals surface area contributed by atoms with Crippen LogP contribution in [0.1, 0.15) is 105 Å². The summed E-state index contributed by atoms with van der Waals surface area (Å²) in [5, 5.41) is 31.8. The molecular formula is C34H52O4. The van der Waals surface area contributed by atoms with Gasteiger partial charge in [0.1, 0.15) is 5.78 Å². The summed E-state index contributed by atoms with van der Waals surface area (Å²) in [5.41, 5.74) is 2.93. The summed E-state index contributed by atoms with van der Waals surface area (Å²) in [6.07, 6.45) is 18.5. The van der Waals surface area contributed by atoms with Crippen LogP contribution in [0.15, 0.2) is 47.6 Å². The smallest absolute Gasteiger partial charge is 0.141 e. The predicted molar refractivity (Wildman–Crippen MR) is 154 cm³/mol. The molecule has 4 nitrogen and oxygen atoms in total. The van der Waals surface area contributed by atoms with Gasteiger partial charge in [-0.2, -0.15) is 0 Å². The van der Waals surface area contributed by atoms with Gasteiger partial charge in [0.25, 0.3) is 0 Å². The standard InChI is InChI=1S/C34H52O4/c1-6-7-8-11-30(36)34(19-20-34)31(37)17-12-22(2)27-15-16-28-25(10-9-18-33(27,28)5)13-14-26-21-29(35)24(4)32(38)23(26)3/h12-14,17,22,24,27-29,31-32,35,37-38H,3,6-11,15-16,18-21H2,1-2,4-5H3/b17-12+,25-13+,26-14-/t22?,24?,27-,28+,29-,31?,32?,33?/m1/s1. The van der Waals surface area contributed by atoms with Gasteiger partial charge >= 0.3 is 0 Å². The van der Waals surface area contributed by atoms with E-state index in [1.165, 1.54) is 31.3 Å². The van der Waals surface area contributed by atoms with Crippen LogP contribution in [0.2, 0.25) is 0 Å². The van der Waals surface area contributed by atoms with Crippen molar-refractivity contribution in [1.29, 1.82) is 0 Å². The molecule has 0 spiro atoms. The summed E-state index contributed by atoms with van der Waals surface area (Å²) in [6.45, 7) is 12.9. The number of allylic oxidation sites excluding steroid dienone is 4. The molecule has 4 aliphatic rings. The van der Waals surface area contributed by atoms with Crippen LogP contribution >= 0.6 is 0 Å². The van der Waals surface area contributed by atoms with Crippen molar-refractivity contribution < 1.29 is 20.1 Å². The molecular weight excluding hydrogens is 472 g/mol. The Kier molecular flexibility index (Phi) is 9.27. The third kappa shape index (κ3) is 5.69. The Labute approximate surface area is 231 Å². The minimum absolute atomic E-state index is 0.178. The van der Waals surface area contributed by atoms with Crippen molar-refractivity contribution in [3.63, 3.8) is 0 Å². The maximum absolute atomic E-state index is 12.8. The molecule has 4 fully saturated rings. The Hall–Kier alpha value is -1.49. The summed E-state index contributed by atoms with van der Waals surface area (Å²) in [5.74, 6) is 1.53. The van der Waals surface area contributed by atoms with Crippen LogP contribution in [-0.4, -0.2) is 39.4 Å². The highest BCUT2D eigenvalue weighted by atomic mass is 16.3. The third-order valence-corrected chi connectivity index (χ3v) is 11.0. The second-order valence-electron chi connectivity index (χ2n) is 13.4. The average molecular weight is 525 g/mol. The van der Waals surface area contributed by atoms with E-state index in [9.17, 15) is 20.1 Å². The van der Waals surface area contributed by atoms with Gasteiger partial charge in [0, 0.05) is 12.3 Å². The molecule has 0 aromatic heterocycles. The molecule has 4 rings (SSSR count). The highest BCUT2D eigenvalue weighted by molar-refractivity contribution is 5.88. The van der Waals surface area contributed by atoms with E-state index in [1.54, 1.807) is 0 Å². The van der Waals surface area contributed by atoms with Crippen LogP contribution < -0.4 is 0 Å². The van der Waals surface area contributed by atoms with Crippen molar-refractivity contribution in [3.8, 4) is 0 Å². The average Bonchev–Trinajstić information content (AvgIpc) is 3.63. The normalized spacial score (nSPS) is 38.5. The number of hydrogen-bond donors (Lipinski definition) is 3. The molecule has 8 atom stereocenters. The fraction of sp³-hybridized carbons (Fsp3) is 0.735. The van der Waals surface area contributed by atoms with Crippen molar-refractivity contribution in [1.82, 2.24) is 0 Å². The lowest BCUT2D eigenvalue weighted by molar-refractivity contribution is -0.127. The van der Waals surface area contributed by atoms with Crippen molar-refractivity contribution in [2.75, 3.05) is 0 Å². The summed E-state index contributed by atoms with van der Waals surface area (Å²) in [6, 6.07) is 0. The molecule has 4 saturated carbocycles. The van der Waals surface area contributed by atoms with Gasteiger partial charge in [0.2, 0.25) is 0 Å². The Bertz CT molecular complexity index is 969. The van der Waals surface area contributed by atoms with Crippen LogP contribution in [0.25, 0.3) is 0 Å². The molecule has 0 bridgehead atoms. The van der Waals surface area contributed by atoms with E-state index >= 15 is 0 Å². The lowest BCUT2D eigenvalue weighted by atomic mass is 9.61. The Morgan fingerprint density at radius 1 is 1.13 bits per heavy atom. The quantitative estimate of drug-likeness (QED) is 0.216. The number of hydrogen-bond acceptors (Lipinski definition) is 4. The Morgan fingerprint density at radius 3 is 2.55 bits per heavy atom. The number of fused-ring (bicyclic) bond motifs is 1. The number of rotatable bonds is 10. The van der Waals surface area contributed by atoms with Crippen LogP contribution in [-0.2, 0) is 4.79 Å². The molecule has 0 radical (unpaired) electrons. The molecule has 4 aliphatic carbocycles. The molecule has 0 aromatic rings. The van der Waals surface area contributed by atoms with E-state index in [4.69, 9.17) is 0 Å². The summed E-state index contributed by atoms with van der Waals surface area (Å²) >= 11 is 0. The number of aliphatic hydroxyl groups is 3. The zero-order valence-electron chi connectivity index (χ0n) is 24.3.